The van der Waals surface area contributed by atoms with Crippen LogP contribution in [0.2, 0.25) is 0 Å². The Balaban J connectivity index is 2.58. The molecule has 0 fully saturated rings. The van der Waals surface area contributed by atoms with E-state index < -0.39 is 0 Å². The zero-order valence-electron chi connectivity index (χ0n) is 9.95. The minimum Gasteiger partial charge on any atom is -0.491 e. The van der Waals surface area contributed by atoms with Gasteiger partial charge in [0.2, 0.25) is 0 Å². The third kappa shape index (κ3) is 4.23. The SMILES string of the molecule is CCCOc1cc(NCCSC)ccc1N. The van der Waals surface area contributed by atoms with Gasteiger partial charge in [0.25, 0.3) is 0 Å². The van der Waals surface area contributed by atoms with E-state index in [0.29, 0.717) is 12.3 Å². The predicted molar refractivity (Wildman–Crippen MR) is 73.5 cm³/mol. The van der Waals surface area contributed by atoms with E-state index in [1.165, 1.54) is 0 Å². The van der Waals surface area contributed by atoms with Gasteiger partial charge in [-0.05, 0) is 24.8 Å². The molecule has 0 heterocycles. The van der Waals surface area contributed by atoms with Gasteiger partial charge in [-0.25, -0.2) is 0 Å². The number of hydrogen-bond acceptors (Lipinski definition) is 4. The van der Waals surface area contributed by atoms with E-state index in [1.807, 2.05) is 30.0 Å². The van der Waals surface area contributed by atoms with Crippen LogP contribution >= 0.6 is 11.8 Å². The summed E-state index contributed by atoms with van der Waals surface area (Å²) < 4.78 is 5.56. The van der Waals surface area contributed by atoms with Crippen LogP contribution < -0.4 is 15.8 Å². The lowest BCUT2D eigenvalue weighted by Gasteiger charge is -2.11. The van der Waals surface area contributed by atoms with Crippen molar-refractivity contribution in [1.82, 2.24) is 0 Å². The molecule has 3 N–H and O–H groups in total. The molecule has 0 atom stereocenters. The molecule has 0 saturated carbocycles. The van der Waals surface area contributed by atoms with E-state index in [0.717, 1.165) is 30.2 Å². The largest absolute Gasteiger partial charge is 0.491 e. The highest BCUT2D eigenvalue weighted by atomic mass is 32.2. The lowest BCUT2D eigenvalue weighted by atomic mass is 10.2. The summed E-state index contributed by atoms with van der Waals surface area (Å²) in [5.74, 6) is 1.87. The maximum absolute atomic E-state index is 5.83. The monoisotopic (exact) mass is 240 g/mol. The Morgan fingerprint density at radius 3 is 2.94 bits per heavy atom. The van der Waals surface area contributed by atoms with E-state index in [9.17, 15) is 0 Å². The van der Waals surface area contributed by atoms with Crippen LogP contribution in [-0.2, 0) is 0 Å². The van der Waals surface area contributed by atoms with E-state index >= 15 is 0 Å². The second-order valence-corrected chi connectivity index (χ2v) is 4.51. The van der Waals surface area contributed by atoms with Crippen molar-refractivity contribution in [2.45, 2.75) is 13.3 Å². The number of rotatable bonds is 7. The van der Waals surface area contributed by atoms with Crippen LogP contribution in [0.5, 0.6) is 5.75 Å². The molecule has 0 saturated heterocycles. The molecule has 4 heteroatoms. The van der Waals surface area contributed by atoms with Crippen molar-refractivity contribution in [2.75, 3.05) is 36.2 Å². The molecule has 0 unspecified atom stereocenters. The Morgan fingerprint density at radius 2 is 2.25 bits per heavy atom. The molecule has 0 aliphatic carbocycles. The molecule has 1 rings (SSSR count). The Bertz CT molecular complexity index is 318. The van der Waals surface area contributed by atoms with Crippen molar-refractivity contribution < 1.29 is 4.74 Å². The number of thioether (sulfide) groups is 1. The molecular weight excluding hydrogens is 220 g/mol. The predicted octanol–water partition coefficient (Wildman–Crippen LogP) is 2.83. The fourth-order valence-electron chi connectivity index (χ4n) is 1.28. The van der Waals surface area contributed by atoms with E-state index in [-0.39, 0.29) is 0 Å². The number of ether oxygens (including phenoxy) is 1. The topological polar surface area (TPSA) is 47.3 Å². The average Bonchev–Trinajstić information content (AvgIpc) is 2.30. The van der Waals surface area contributed by atoms with Gasteiger partial charge in [0.1, 0.15) is 5.75 Å². The Morgan fingerprint density at radius 1 is 1.44 bits per heavy atom. The smallest absolute Gasteiger partial charge is 0.144 e. The van der Waals surface area contributed by atoms with Crippen LogP contribution in [0, 0.1) is 0 Å². The summed E-state index contributed by atoms with van der Waals surface area (Å²) >= 11 is 1.82. The standard InChI is InChI=1S/C12H20N2OS/c1-3-7-15-12-9-10(4-5-11(12)13)14-6-8-16-2/h4-5,9,14H,3,6-8,13H2,1-2H3. The molecular formula is C12H20N2OS. The second kappa shape index (κ2) is 7.28. The molecule has 0 spiro atoms. The summed E-state index contributed by atoms with van der Waals surface area (Å²) in [4.78, 5) is 0. The van der Waals surface area contributed by atoms with Gasteiger partial charge in [-0.2, -0.15) is 11.8 Å². The molecule has 0 aliphatic heterocycles. The van der Waals surface area contributed by atoms with Gasteiger partial charge in [0.15, 0.2) is 0 Å². The van der Waals surface area contributed by atoms with E-state index in [1.54, 1.807) is 0 Å². The van der Waals surface area contributed by atoms with Crippen LogP contribution in [0.25, 0.3) is 0 Å². The lowest BCUT2D eigenvalue weighted by molar-refractivity contribution is 0.319. The highest BCUT2D eigenvalue weighted by Crippen LogP contribution is 2.25. The maximum Gasteiger partial charge on any atom is 0.144 e. The number of nitrogens with one attached hydrogen (secondary N) is 1. The minimum absolute atomic E-state index is 0.698. The van der Waals surface area contributed by atoms with Crippen LogP contribution in [0.1, 0.15) is 13.3 Å². The first-order valence-electron chi connectivity index (χ1n) is 5.53. The molecule has 0 aliphatic rings. The highest BCUT2D eigenvalue weighted by molar-refractivity contribution is 7.98. The van der Waals surface area contributed by atoms with E-state index in [2.05, 4.69) is 18.5 Å². The fourth-order valence-corrected chi connectivity index (χ4v) is 1.58. The van der Waals surface area contributed by atoms with Gasteiger partial charge < -0.3 is 15.8 Å². The molecule has 3 nitrogen and oxygen atoms in total. The quantitative estimate of drug-likeness (QED) is 0.568. The maximum atomic E-state index is 5.83. The minimum atomic E-state index is 0.698. The summed E-state index contributed by atoms with van der Waals surface area (Å²) in [6.07, 6.45) is 3.09. The number of hydrogen-bond donors (Lipinski definition) is 2. The molecule has 0 radical (unpaired) electrons. The summed E-state index contributed by atoms with van der Waals surface area (Å²) in [5.41, 5.74) is 7.59. The average molecular weight is 240 g/mol. The Labute approximate surface area is 102 Å². The summed E-state index contributed by atoms with van der Waals surface area (Å²) in [7, 11) is 0. The Kier molecular flexibility index (Phi) is 5.93. The first kappa shape index (κ1) is 13.0. The normalized spacial score (nSPS) is 10.1. The fraction of sp³-hybridized carbons (Fsp3) is 0.500. The number of anilines is 2. The van der Waals surface area contributed by atoms with Crippen molar-refractivity contribution in [3.63, 3.8) is 0 Å². The van der Waals surface area contributed by atoms with Gasteiger partial charge in [-0.15, -0.1) is 0 Å². The summed E-state index contributed by atoms with van der Waals surface area (Å²) in [6, 6.07) is 5.83. The zero-order valence-corrected chi connectivity index (χ0v) is 10.8. The van der Waals surface area contributed by atoms with Gasteiger partial charge >= 0.3 is 0 Å². The van der Waals surface area contributed by atoms with Crippen LogP contribution in [0.4, 0.5) is 11.4 Å². The molecule has 90 valence electrons. The molecule has 0 bridgehead atoms. The molecule has 16 heavy (non-hydrogen) atoms. The van der Waals surface area contributed by atoms with Crippen LogP contribution in [-0.4, -0.2) is 25.2 Å². The van der Waals surface area contributed by atoms with Crippen molar-refractivity contribution >= 4 is 23.1 Å². The van der Waals surface area contributed by atoms with Crippen molar-refractivity contribution in [3.8, 4) is 5.75 Å². The van der Waals surface area contributed by atoms with Crippen molar-refractivity contribution in [2.24, 2.45) is 0 Å². The number of nitrogen functional groups attached to an aromatic ring is 1. The third-order valence-electron chi connectivity index (χ3n) is 2.11. The summed E-state index contributed by atoms with van der Waals surface area (Å²) in [6.45, 7) is 3.74. The van der Waals surface area contributed by atoms with Crippen LogP contribution in [0.3, 0.4) is 0 Å². The lowest BCUT2D eigenvalue weighted by Crippen LogP contribution is -2.05. The first-order valence-corrected chi connectivity index (χ1v) is 6.92. The third-order valence-corrected chi connectivity index (χ3v) is 2.72. The number of benzene rings is 1. The van der Waals surface area contributed by atoms with Gasteiger partial charge in [0.05, 0.1) is 12.3 Å². The Hall–Kier alpha value is -1.03. The van der Waals surface area contributed by atoms with Gasteiger partial charge in [-0.3, -0.25) is 0 Å². The first-order chi connectivity index (χ1) is 7.77. The zero-order chi connectivity index (χ0) is 11.8. The van der Waals surface area contributed by atoms with Gasteiger partial charge in [-0.1, -0.05) is 6.92 Å². The molecule has 0 aromatic heterocycles. The summed E-state index contributed by atoms with van der Waals surface area (Å²) in [5, 5.41) is 3.33. The van der Waals surface area contributed by atoms with Crippen molar-refractivity contribution in [3.05, 3.63) is 18.2 Å². The van der Waals surface area contributed by atoms with E-state index in [4.69, 9.17) is 10.5 Å². The van der Waals surface area contributed by atoms with Crippen molar-refractivity contribution in [1.29, 1.82) is 0 Å². The molecule has 0 amide bonds. The molecule has 1 aromatic rings. The number of nitrogens with two attached hydrogens (primary N) is 1. The second-order valence-electron chi connectivity index (χ2n) is 3.52. The van der Waals surface area contributed by atoms with Gasteiger partial charge in [0, 0.05) is 24.1 Å². The molecule has 1 aromatic carbocycles. The van der Waals surface area contributed by atoms with Crippen LogP contribution in [0.15, 0.2) is 18.2 Å². The highest BCUT2D eigenvalue weighted by Gasteiger charge is 2.01.